The van der Waals surface area contributed by atoms with Gasteiger partial charge in [0.25, 0.3) is 0 Å². The first kappa shape index (κ1) is 12.8. The van der Waals surface area contributed by atoms with E-state index in [9.17, 15) is 13.2 Å². The SMILES string of the molecule is N[C@H]1CC[C@@H]2CN(c3cccc(C(F)(F)F)c3)CC21. The van der Waals surface area contributed by atoms with Crippen molar-refractivity contribution in [2.45, 2.75) is 25.1 Å². The predicted octanol–water partition coefficient (Wildman–Crippen LogP) is 2.88. The lowest BCUT2D eigenvalue weighted by Crippen LogP contribution is -2.30. The van der Waals surface area contributed by atoms with Gasteiger partial charge in [0.15, 0.2) is 0 Å². The van der Waals surface area contributed by atoms with Crippen LogP contribution in [-0.4, -0.2) is 19.1 Å². The molecule has 5 heteroatoms. The number of nitrogens with zero attached hydrogens (tertiary/aromatic N) is 1. The second-order valence-corrected chi connectivity index (χ2v) is 5.62. The third-order valence-corrected chi connectivity index (χ3v) is 4.45. The van der Waals surface area contributed by atoms with Crippen molar-refractivity contribution < 1.29 is 13.2 Å². The molecule has 2 fully saturated rings. The van der Waals surface area contributed by atoms with Crippen LogP contribution < -0.4 is 10.6 Å². The first-order valence-corrected chi connectivity index (χ1v) is 6.63. The lowest BCUT2D eigenvalue weighted by Gasteiger charge is -2.21. The standard InChI is InChI=1S/C14H17F3N2/c15-14(16,17)10-2-1-3-11(6-10)19-7-9-4-5-13(18)12(9)8-19/h1-3,6,9,12-13H,4-5,7-8,18H2/t9-,12?,13+/m1/s1. The molecule has 1 saturated carbocycles. The van der Waals surface area contributed by atoms with E-state index >= 15 is 0 Å². The first-order valence-electron chi connectivity index (χ1n) is 6.63. The molecule has 1 heterocycles. The Morgan fingerprint density at radius 2 is 1.95 bits per heavy atom. The van der Waals surface area contributed by atoms with Crippen LogP contribution in [0.5, 0.6) is 0 Å². The quantitative estimate of drug-likeness (QED) is 0.850. The molecule has 0 bridgehead atoms. The third kappa shape index (κ3) is 2.31. The third-order valence-electron chi connectivity index (χ3n) is 4.45. The van der Waals surface area contributed by atoms with Crippen molar-refractivity contribution in [1.29, 1.82) is 0 Å². The van der Waals surface area contributed by atoms with Crippen molar-refractivity contribution in [2.24, 2.45) is 17.6 Å². The first-order chi connectivity index (χ1) is 8.95. The van der Waals surface area contributed by atoms with E-state index in [-0.39, 0.29) is 6.04 Å². The highest BCUT2D eigenvalue weighted by molar-refractivity contribution is 5.50. The Morgan fingerprint density at radius 1 is 1.16 bits per heavy atom. The molecule has 0 aromatic heterocycles. The number of nitrogens with two attached hydrogens (primary N) is 1. The lowest BCUT2D eigenvalue weighted by atomic mass is 9.98. The number of rotatable bonds is 1. The minimum atomic E-state index is -4.28. The van der Waals surface area contributed by atoms with Crippen LogP contribution in [0.4, 0.5) is 18.9 Å². The molecule has 1 unspecified atom stereocenters. The highest BCUT2D eigenvalue weighted by atomic mass is 19.4. The maximum absolute atomic E-state index is 12.7. The second kappa shape index (κ2) is 4.40. The summed E-state index contributed by atoms with van der Waals surface area (Å²) in [5, 5.41) is 0. The molecule has 1 aliphatic heterocycles. The average molecular weight is 270 g/mol. The summed E-state index contributed by atoms with van der Waals surface area (Å²) in [5.41, 5.74) is 6.14. The molecule has 2 aliphatic rings. The molecule has 2 N–H and O–H groups in total. The Balaban J connectivity index is 1.81. The van der Waals surface area contributed by atoms with E-state index < -0.39 is 11.7 Å². The average Bonchev–Trinajstić information content (AvgIpc) is 2.91. The van der Waals surface area contributed by atoms with E-state index in [2.05, 4.69) is 0 Å². The number of alkyl halides is 3. The van der Waals surface area contributed by atoms with Crippen molar-refractivity contribution in [2.75, 3.05) is 18.0 Å². The van der Waals surface area contributed by atoms with E-state index in [0.29, 0.717) is 17.5 Å². The second-order valence-electron chi connectivity index (χ2n) is 5.62. The zero-order valence-electron chi connectivity index (χ0n) is 10.5. The summed E-state index contributed by atoms with van der Waals surface area (Å²) in [6.45, 7) is 1.62. The Hall–Kier alpha value is -1.23. The number of fused-ring (bicyclic) bond motifs is 1. The van der Waals surface area contributed by atoms with E-state index in [0.717, 1.165) is 32.0 Å². The minimum Gasteiger partial charge on any atom is -0.371 e. The van der Waals surface area contributed by atoms with Gasteiger partial charge in [0.2, 0.25) is 0 Å². The Bertz CT molecular complexity index is 472. The van der Waals surface area contributed by atoms with Gasteiger partial charge in [-0.05, 0) is 42.9 Å². The summed E-state index contributed by atoms with van der Waals surface area (Å²) < 4.78 is 38.1. The van der Waals surface area contributed by atoms with Crippen LogP contribution >= 0.6 is 0 Å². The van der Waals surface area contributed by atoms with Crippen LogP contribution in [0, 0.1) is 11.8 Å². The van der Waals surface area contributed by atoms with Crippen LogP contribution in [0.3, 0.4) is 0 Å². The molecule has 1 aliphatic carbocycles. The molecule has 104 valence electrons. The predicted molar refractivity (Wildman–Crippen MR) is 67.8 cm³/mol. The zero-order chi connectivity index (χ0) is 13.6. The number of halogens is 3. The van der Waals surface area contributed by atoms with Gasteiger partial charge in [-0.15, -0.1) is 0 Å². The number of hydrogen-bond donors (Lipinski definition) is 1. The summed E-state index contributed by atoms with van der Waals surface area (Å²) in [4.78, 5) is 2.05. The van der Waals surface area contributed by atoms with E-state index in [1.54, 1.807) is 6.07 Å². The fraction of sp³-hybridized carbons (Fsp3) is 0.571. The monoisotopic (exact) mass is 270 g/mol. The van der Waals surface area contributed by atoms with Crippen molar-refractivity contribution in [3.8, 4) is 0 Å². The summed E-state index contributed by atoms with van der Waals surface area (Å²) in [7, 11) is 0. The van der Waals surface area contributed by atoms with Gasteiger partial charge in [-0.25, -0.2) is 0 Å². The topological polar surface area (TPSA) is 29.3 Å². The largest absolute Gasteiger partial charge is 0.416 e. The summed E-state index contributed by atoms with van der Waals surface area (Å²) in [6.07, 6.45) is -2.13. The van der Waals surface area contributed by atoms with E-state index in [4.69, 9.17) is 5.73 Å². The van der Waals surface area contributed by atoms with Crippen LogP contribution in [-0.2, 0) is 6.18 Å². The van der Waals surface area contributed by atoms with Gasteiger partial charge in [-0.3, -0.25) is 0 Å². The fourth-order valence-corrected chi connectivity index (χ4v) is 3.40. The van der Waals surface area contributed by atoms with Gasteiger partial charge in [0.1, 0.15) is 0 Å². The molecule has 0 radical (unpaired) electrons. The van der Waals surface area contributed by atoms with Crippen molar-refractivity contribution in [1.82, 2.24) is 0 Å². The Morgan fingerprint density at radius 3 is 2.63 bits per heavy atom. The fourth-order valence-electron chi connectivity index (χ4n) is 3.40. The van der Waals surface area contributed by atoms with Crippen LogP contribution in [0.1, 0.15) is 18.4 Å². The lowest BCUT2D eigenvalue weighted by molar-refractivity contribution is -0.137. The normalized spacial score (nSPS) is 30.7. The molecule has 2 nitrogen and oxygen atoms in total. The summed E-state index contributed by atoms with van der Waals surface area (Å²) in [5.74, 6) is 0.985. The molecule has 0 spiro atoms. The highest BCUT2D eigenvalue weighted by Crippen LogP contribution is 2.40. The molecule has 3 atom stereocenters. The van der Waals surface area contributed by atoms with Gasteiger partial charge in [0.05, 0.1) is 5.56 Å². The number of hydrogen-bond acceptors (Lipinski definition) is 2. The summed E-state index contributed by atoms with van der Waals surface area (Å²) >= 11 is 0. The molecule has 1 saturated heterocycles. The number of benzene rings is 1. The smallest absolute Gasteiger partial charge is 0.371 e. The van der Waals surface area contributed by atoms with Crippen molar-refractivity contribution >= 4 is 5.69 Å². The van der Waals surface area contributed by atoms with Gasteiger partial charge in [-0.1, -0.05) is 6.07 Å². The van der Waals surface area contributed by atoms with Gasteiger partial charge < -0.3 is 10.6 Å². The summed E-state index contributed by atoms with van der Waals surface area (Å²) in [6, 6.07) is 5.80. The van der Waals surface area contributed by atoms with Gasteiger partial charge >= 0.3 is 6.18 Å². The molecule has 3 rings (SSSR count). The Kier molecular flexibility index (Phi) is 2.96. The molecular weight excluding hydrogens is 253 g/mol. The molecule has 1 aromatic rings. The van der Waals surface area contributed by atoms with Crippen LogP contribution in [0.2, 0.25) is 0 Å². The van der Waals surface area contributed by atoms with Crippen LogP contribution in [0.15, 0.2) is 24.3 Å². The minimum absolute atomic E-state index is 0.209. The van der Waals surface area contributed by atoms with Crippen LogP contribution in [0.25, 0.3) is 0 Å². The molecular formula is C14H17F3N2. The van der Waals surface area contributed by atoms with Crippen molar-refractivity contribution in [3.63, 3.8) is 0 Å². The molecule has 0 amide bonds. The maximum atomic E-state index is 12.7. The van der Waals surface area contributed by atoms with Gasteiger partial charge in [0, 0.05) is 24.8 Å². The highest BCUT2D eigenvalue weighted by Gasteiger charge is 2.41. The van der Waals surface area contributed by atoms with E-state index in [1.807, 2.05) is 4.90 Å². The maximum Gasteiger partial charge on any atom is 0.416 e. The molecule has 19 heavy (non-hydrogen) atoms. The Labute approximate surface area is 110 Å². The molecule has 1 aromatic carbocycles. The van der Waals surface area contributed by atoms with E-state index in [1.165, 1.54) is 12.1 Å². The van der Waals surface area contributed by atoms with Gasteiger partial charge in [-0.2, -0.15) is 13.2 Å². The number of anilines is 1. The zero-order valence-corrected chi connectivity index (χ0v) is 10.5. The van der Waals surface area contributed by atoms with Crippen molar-refractivity contribution in [3.05, 3.63) is 29.8 Å².